The largest absolute Gasteiger partial charge is 0.727 e. The topological polar surface area (TPSA) is 215 Å². The third kappa shape index (κ3) is 99.1. The number of hydrogen-bond donors (Lipinski definition) is 2. The molecule has 0 spiro atoms. The maximum absolute atomic E-state index is 8.81. The molecular formula is C55H129O12+3. The van der Waals surface area contributed by atoms with Crippen LogP contribution in [0.5, 0.6) is 0 Å². The van der Waals surface area contributed by atoms with Crippen molar-refractivity contribution in [2.75, 3.05) is 13.2 Å². The van der Waals surface area contributed by atoms with Crippen LogP contribution in [0.25, 0.3) is 0 Å². The number of unbranched alkanes of at least 4 members (excludes halogenated alkanes) is 1. The van der Waals surface area contributed by atoms with Crippen LogP contribution in [0.2, 0.25) is 0 Å². The summed E-state index contributed by atoms with van der Waals surface area (Å²) >= 11 is 0. The van der Waals surface area contributed by atoms with Crippen molar-refractivity contribution in [3.63, 3.8) is 0 Å². The van der Waals surface area contributed by atoms with Gasteiger partial charge in [0.05, 0.1) is 6.61 Å². The van der Waals surface area contributed by atoms with E-state index in [1.807, 2.05) is 13.8 Å². The second-order valence-corrected chi connectivity index (χ2v) is 21.0. The molecule has 0 rings (SSSR count). The third-order valence-corrected chi connectivity index (χ3v) is 11.3. The molecule has 0 aromatic carbocycles. The summed E-state index contributed by atoms with van der Waals surface area (Å²) in [4.78, 5) is 34.7. The summed E-state index contributed by atoms with van der Waals surface area (Å²) in [5.41, 5.74) is -0.451. The molecule has 0 aliphatic rings. The second-order valence-electron chi connectivity index (χ2n) is 21.0. The Bertz CT molecular complexity index is 813. The van der Waals surface area contributed by atoms with Crippen molar-refractivity contribution in [2.24, 2.45) is 59.2 Å². The molecule has 8 atom stereocenters. The standard InChI is InChI=1S/C11H24O2.C11H24O.C11H24.C6H14.2C5H12O2.C4H10.C2H4O.H2O2.O2/c1-6-10(4)8-11(5,13-12)7-9(2)3;1-6-10(4)8-11(5,12)7-9(2)3;1-6-10(4)8-11(5)7-9(2)3;1-4-6(3)5-2;2*1-3-5(2)4-7-6;1-3-4-2;1-2-3;2*1-2/h9-10,12H,6-8H2,1-5H3;9-10,12H,6-8H2,1-5H3;9-11H,6-8H2,1-5H3;6H,4-5H2,1-3H3;2*5-6H,3-4H2,1-2H3;3-4H2,1-2H3;2H,1H3;1-2H;/p+3. The van der Waals surface area contributed by atoms with Crippen molar-refractivity contribution in [1.29, 1.82) is 0 Å². The van der Waals surface area contributed by atoms with Gasteiger partial charge in [-0.2, -0.15) is 0 Å². The van der Waals surface area contributed by atoms with Gasteiger partial charge in [0.15, 0.2) is 5.60 Å². The van der Waals surface area contributed by atoms with Gasteiger partial charge in [-0.25, -0.2) is 4.89 Å². The first kappa shape index (κ1) is 88.8. The first-order chi connectivity index (χ1) is 31.1. The molecule has 0 saturated carbocycles. The van der Waals surface area contributed by atoms with Gasteiger partial charge in [0.2, 0.25) is 4.96 Å². The van der Waals surface area contributed by atoms with E-state index in [9.17, 15) is 0 Å². The minimum Gasteiger partial charge on any atom is -0.727 e. The van der Waals surface area contributed by atoms with Crippen molar-refractivity contribution in [1.82, 2.24) is 0 Å². The molecule has 0 radical (unpaired) electrons. The van der Waals surface area contributed by atoms with Gasteiger partial charge in [-0.3, -0.25) is 15.8 Å². The number of carbonyl (C=O) groups excluding carboxylic acids is 1. The molecule has 0 aliphatic carbocycles. The van der Waals surface area contributed by atoms with E-state index in [1.54, 1.807) is 0 Å². The first-order valence-corrected chi connectivity index (χ1v) is 26.5. The third-order valence-electron chi connectivity index (χ3n) is 11.3. The Kier molecular flexibility index (Phi) is 91.7. The van der Waals surface area contributed by atoms with Crippen LogP contribution in [-0.2, 0) is 19.5 Å². The van der Waals surface area contributed by atoms with E-state index in [4.69, 9.17) is 51.0 Å². The van der Waals surface area contributed by atoms with E-state index in [1.165, 1.54) is 58.3 Å². The fraction of sp³-hybridized carbons (Fsp3) is 0.982. The zero-order valence-corrected chi connectivity index (χ0v) is 49.7. The highest BCUT2D eigenvalue weighted by molar-refractivity contribution is 5.44. The van der Waals surface area contributed by atoms with E-state index in [-0.39, 0.29) is 11.2 Å². The van der Waals surface area contributed by atoms with Crippen molar-refractivity contribution >= 4 is 6.29 Å². The molecule has 67 heavy (non-hydrogen) atoms. The highest BCUT2D eigenvalue weighted by Gasteiger charge is 2.31. The average Bonchev–Trinajstić information content (AvgIpc) is 3.27. The fourth-order valence-corrected chi connectivity index (χ4v) is 6.36. The number of carbonyl (C=O) groups is 1. The minimum atomic E-state index is -0.246. The van der Waals surface area contributed by atoms with Crippen LogP contribution >= 0.6 is 0 Å². The lowest BCUT2D eigenvalue weighted by Gasteiger charge is -2.27. The zero-order chi connectivity index (χ0) is 55.6. The van der Waals surface area contributed by atoms with Crippen LogP contribution in [0, 0.1) is 64.1 Å². The lowest BCUT2D eigenvalue weighted by atomic mass is 9.85. The lowest BCUT2D eigenvalue weighted by molar-refractivity contribution is -0.670. The Hall–Kier alpha value is -1.09. The molecule has 0 saturated heterocycles. The van der Waals surface area contributed by atoms with Crippen molar-refractivity contribution in [3.05, 3.63) is 4.96 Å². The van der Waals surface area contributed by atoms with E-state index in [2.05, 4.69) is 162 Å². The average molecular weight is 983 g/mol. The summed E-state index contributed by atoms with van der Waals surface area (Å²) < 4.78 is 0. The summed E-state index contributed by atoms with van der Waals surface area (Å²) in [6.45, 7) is 55.2. The predicted molar refractivity (Wildman–Crippen MR) is 292 cm³/mol. The van der Waals surface area contributed by atoms with Crippen LogP contribution < -0.4 is 5.26 Å². The minimum absolute atomic E-state index is 0.205. The van der Waals surface area contributed by atoms with Crippen LogP contribution in [0.3, 0.4) is 0 Å². The molecule has 0 aromatic rings. The Morgan fingerprint density at radius 2 is 0.836 bits per heavy atom. The van der Waals surface area contributed by atoms with Gasteiger partial charge in [0.1, 0.15) is 18.5 Å². The molecule has 0 aliphatic heterocycles. The lowest BCUT2D eigenvalue weighted by Crippen LogP contribution is -2.31. The molecule has 9 N–H and O–H groups in total. The molecule has 0 fully saturated rings. The summed E-state index contributed by atoms with van der Waals surface area (Å²) in [6.07, 6.45) is 18.7. The molecule has 0 bridgehead atoms. The van der Waals surface area contributed by atoms with Gasteiger partial charge in [-0.1, -0.05) is 210 Å². The molecular weight excluding hydrogens is 853 g/mol. The molecule has 0 heterocycles. The number of rotatable bonds is 25. The maximum atomic E-state index is 8.81. The summed E-state index contributed by atoms with van der Waals surface area (Å²) in [7, 11) is 0. The Morgan fingerprint density at radius 1 is 0.507 bits per heavy atom. The fourth-order valence-electron chi connectivity index (χ4n) is 6.36. The SMILES string of the molecule is CC=O.CCC(C)CC.CCC(C)CC(C)(CC(C)C)O[OH2+].CCC(C)CC(C)([OH2+])CC(C)C.CCC(C)CC(C)CC(C)C.CCC(C)COO.CCC(C)CO[OH2+].CCCC.O=[OH+].[O-]O. The Balaban J connectivity index is -0.0000000707. The maximum Gasteiger partial charge on any atom is 0.202 e. The van der Waals surface area contributed by atoms with Crippen LogP contribution in [0.15, 0.2) is 0 Å². The van der Waals surface area contributed by atoms with Gasteiger partial charge >= 0.3 is 0 Å². The van der Waals surface area contributed by atoms with E-state index < -0.39 is 0 Å². The van der Waals surface area contributed by atoms with Gasteiger partial charge in [-0.15, -0.1) is 9.78 Å². The number of hydrogen-bond acceptors (Lipinski definition) is 8. The molecule has 12 heteroatoms. The highest BCUT2D eigenvalue weighted by Crippen LogP contribution is 2.29. The summed E-state index contributed by atoms with van der Waals surface area (Å²) in [5, 5.41) is 42.4. The molecule has 0 amide bonds. The monoisotopic (exact) mass is 982 g/mol. The van der Waals surface area contributed by atoms with Gasteiger partial charge in [-0.05, 0) is 98.7 Å². The van der Waals surface area contributed by atoms with Crippen LogP contribution in [-0.4, -0.2) is 61.8 Å². The van der Waals surface area contributed by atoms with Crippen molar-refractivity contribution in [3.8, 4) is 0 Å². The summed E-state index contributed by atoms with van der Waals surface area (Å²) in [6, 6.07) is 0. The van der Waals surface area contributed by atoms with Gasteiger partial charge in [0, 0.05) is 24.7 Å². The van der Waals surface area contributed by atoms with E-state index >= 15 is 0 Å². The van der Waals surface area contributed by atoms with Crippen molar-refractivity contribution in [2.45, 2.75) is 281 Å². The molecule has 0 aromatic heterocycles. The van der Waals surface area contributed by atoms with Crippen molar-refractivity contribution < 1.29 is 55.8 Å². The smallest absolute Gasteiger partial charge is 0.202 e. The Morgan fingerprint density at radius 3 is 1.04 bits per heavy atom. The first-order valence-electron chi connectivity index (χ1n) is 26.5. The Labute approximate surface area is 418 Å². The summed E-state index contributed by atoms with van der Waals surface area (Å²) in [5.74, 6) is 7.26. The zero-order valence-electron chi connectivity index (χ0n) is 49.7. The van der Waals surface area contributed by atoms with Gasteiger partial charge in [0.25, 0.3) is 0 Å². The van der Waals surface area contributed by atoms with Crippen LogP contribution in [0.4, 0.5) is 0 Å². The molecule has 418 valence electrons. The quantitative estimate of drug-likeness (QED) is 0.0387. The van der Waals surface area contributed by atoms with Gasteiger partial charge < -0.3 is 20.4 Å². The van der Waals surface area contributed by atoms with Crippen LogP contribution in [0.1, 0.15) is 269 Å². The number of aldehydes is 1. The van der Waals surface area contributed by atoms with E-state index in [0.29, 0.717) is 48.7 Å². The predicted octanol–water partition coefficient (Wildman–Crippen LogP) is 15.3. The highest BCUT2D eigenvalue weighted by atomic mass is 17.1. The molecule has 8 unspecified atom stereocenters. The van der Waals surface area contributed by atoms with E-state index in [0.717, 1.165) is 74.9 Å². The second kappa shape index (κ2) is 69.2. The normalized spacial score (nSPS) is 14.5. The molecule has 12 nitrogen and oxygen atoms in total.